The first kappa shape index (κ1) is 11.2. The average molecular weight is 170 g/mol. The lowest BCUT2D eigenvalue weighted by Crippen LogP contribution is -1.98. The first-order valence-corrected chi connectivity index (χ1v) is 4.42. The normalized spacial score (nSPS) is 14.0. The molecule has 2 heteroatoms. The van der Waals surface area contributed by atoms with Crippen molar-refractivity contribution >= 4 is 5.97 Å². The Kier molecular flexibility index (Phi) is 5.43. The third-order valence-electron chi connectivity index (χ3n) is 1.64. The van der Waals surface area contributed by atoms with Gasteiger partial charge in [0.05, 0.1) is 0 Å². The molecule has 0 saturated carbocycles. The maximum Gasteiger partial charge on any atom is 0.303 e. The zero-order chi connectivity index (χ0) is 9.56. The maximum atomic E-state index is 10.2. The second-order valence-corrected chi connectivity index (χ2v) is 3.54. The second kappa shape index (κ2) is 5.81. The first-order chi connectivity index (χ1) is 5.52. The van der Waals surface area contributed by atoms with Crippen molar-refractivity contribution in [1.82, 2.24) is 0 Å². The maximum absolute atomic E-state index is 10.2. The minimum atomic E-state index is -0.709. The molecule has 0 aliphatic carbocycles. The molecule has 0 aromatic rings. The minimum absolute atomic E-state index is 0.267. The van der Waals surface area contributed by atoms with E-state index in [0.29, 0.717) is 11.8 Å². The quantitative estimate of drug-likeness (QED) is 0.644. The van der Waals surface area contributed by atoms with E-state index >= 15 is 0 Å². The molecule has 12 heavy (non-hydrogen) atoms. The standard InChI is InChI=1S/C10H18O2/c1-8(2)4-5-9(3)6-7-10(11)12/h4-5,8-9H,6-7H2,1-3H3,(H,11,12)/b5-4+. The van der Waals surface area contributed by atoms with Gasteiger partial charge in [-0.2, -0.15) is 0 Å². The van der Waals surface area contributed by atoms with Crippen LogP contribution in [0.5, 0.6) is 0 Å². The molecule has 2 nitrogen and oxygen atoms in total. The Bertz CT molecular complexity index is 159. The summed E-state index contributed by atoms with van der Waals surface area (Å²) in [7, 11) is 0. The van der Waals surface area contributed by atoms with Gasteiger partial charge >= 0.3 is 5.97 Å². The van der Waals surface area contributed by atoms with E-state index in [9.17, 15) is 4.79 Å². The predicted octanol–water partition coefficient (Wildman–Crippen LogP) is 2.70. The lowest BCUT2D eigenvalue weighted by Gasteiger charge is -2.03. The van der Waals surface area contributed by atoms with Gasteiger partial charge in [0, 0.05) is 6.42 Å². The third kappa shape index (κ3) is 7.32. The Morgan fingerprint density at radius 1 is 1.33 bits per heavy atom. The number of hydrogen-bond acceptors (Lipinski definition) is 1. The van der Waals surface area contributed by atoms with Crippen LogP contribution in [0.25, 0.3) is 0 Å². The van der Waals surface area contributed by atoms with E-state index in [2.05, 4.69) is 26.0 Å². The molecular weight excluding hydrogens is 152 g/mol. The van der Waals surface area contributed by atoms with Gasteiger partial charge in [0.2, 0.25) is 0 Å². The topological polar surface area (TPSA) is 37.3 Å². The predicted molar refractivity (Wildman–Crippen MR) is 50.0 cm³/mol. The summed E-state index contributed by atoms with van der Waals surface area (Å²) in [4.78, 5) is 10.2. The lowest BCUT2D eigenvalue weighted by molar-refractivity contribution is -0.137. The number of hydrogen-bond donors (Lipinski definition) is 1. The number of carboxylic acids is 1. The zero-order valence-electron chi connectivity index (χ0n) is 8.08. The van der Waals surface area contributed by atoms with Crippen LogP contribution in [0, 0.1) is 11.8 Å². The van der Waals surface area contributed by atoms with Crippen LogP contribution >= 0.6 is 0 Å². The Morgan fingerprint density at radius 3 is 2.33 bits per heavy atom. The van der Waals surface area contributed by atoms with Gasteiger partial charge in [0.15, 0.2) is 0 Å². The van der Waals surface area contributed by atoms with Crippen LogP contribution in [0.15, 0.2) is 12.2 Å². The fourth-order valence-corrected chi connectivity index (χ4v) is 0.859. The highest BCUT2D eigenvalue weighted by molar-refractivity contribution is 5.66. The molecule has 1 unspecified atom stereocenters. The third-order valence-corrected chi connectivity index (χ3v) is 1.64. The van der Waals surface area contributed by atoms with Gasteiger partial charge in [-0.25, -0.2) is 0 Å². The highest BCUT2D eigenvalue weighted by Gasteiger charge is 2.01. The SMILES string of the molecule is CC(C)/C=C/C(C)CCC(=O)O. The molecule has 1 atom stereocenters. The molecule has 0 aliphatic rings. The summed E-state index contributed by atoms with van der Waals surface area (Å²) in [5.41, 5.74) is 0. The van der Waals surface area contributed by atoms with Gasteiger partial charge in [0.25, 0.3) is 0 Å². The Morgan fingerprint density at radius 2 is 1.92 bits per heavy atom. The molecule has 1 N–H and O–H groups in total. The van der Waals surface area contributed by atoms with Crippen LogP contribution in [-0.2, 0) is 4.79 Å². The van der Waals surface area contributed by atoms with Gasteiger partial charge in [-0.1, -0.05) is 32.9 Å². The van der Waals surface area contributed by atoms with E-state index in [4.69, 9.17) is 5.11 Å². The van der Waals surface area contributed by atoms with Crippen molar-refractivity contribution in [2.24, 2.45) is 11.8 Å². The molecule has 0 bridgehead atoms. The first-order valence-electron chi connectivity index (χ1n) is 4.42. The van der Waals surface area contributed by atoms with Crippen LogP contribution in [0.3, 0.4) is 0 Å². The van der Waals surface area contributed by atoms with Gasteiger partial charge in [-0.3, -0.25) is 4.79 Å². The summed E-state index contributed by atoms with van der Waals surface area (Å²) in [6.07, 6.45) is 5.21. The highest BCUT2D eigenvalue weighted by atomic mass is 16.4. The summed E-state index contributed by atoms with van der Waals surface area (Å²) < 4.78 is 0. The summed E-state index contributed by atoms with van der Waals surface area (Å²) in [6, 6.07) is 0. The number of carboxylic acid groups (broad SMARTS) is 1. The second-order valence-electron chi connectivity index (χ2n) is 3.54. The van der Waals surface area contributed by atoms with Gasteiger partial charge in [-0.15, -0.1) is 0 Å². The van der Waals surface area contributed by atoms with Crippen LogP contribution in [0.2, 0.25) is 0 Å². The molecule has 0 aromatic heterocycles. The van der Waals surface area contributed by atoms with Crippen LogP contribution in [0.4, 0.5) is 0 Å². The fourth-order valence-electron chi connectivity index (χ4n) is 0.859. The van der Waals surface area contributed by atoms with Gasteiger partial charge < -0.3 is 5.11 Å². The van der Waals surface area contributed by atoms with E-state index in [0.717, 1.165) is 6.42 Å². The highest BCUT2D eigenvalue weighted by Crippen LogP contribution is 2.08. The Balaban J connectivity index is 3.59. The molecule has 0 rings (SSSR count). The lowest BCUT2D eigenvalue weighted by atomic mass is 10.0. The molecule has 0 aromatic carbocycles. The van der Waals surface area contributed by atoms with E-state index in [1.807, 2.05) is 6.92 Å². The molecule has 70 valence electrons. The number of allylic oxidation sites excluding steroid dienone is 2. The van der Waals surface area contributed by atoms with Crippen molar-refractivity contribution in [3.05, 3.63) is 12.2 Å². The zero-order valence-corrected chi connectivity index (χ0v) is 8.08. The molecule has 0 heterocycles. The molecule has 0 radical (unpaired) electrons. The number of aliphatic carboxylic acids is 1. The van der Waals surface area contributed by atoms with Crippen molar-refractivity contribution in [2.45, 2.75) is 33.6 Å². The van der Waals surface area contributed by atoms with Crippen LogP contribution in [-0.4, -0.2) is 11.1 Å². The van der Waals surface area contributed by atoms with Crippen molar-refractivity contribution in [1.29, 1.82) is 0 Å². The largest absolute Gasteiger partial charge is 0.481 e. The number of rotatable bonds is 5. The molecular formula is C10H18O2. The smallest absolute Gasteiger partial charge is 0.303 e. The Hall–Kier alpha value is -0.790. The monoisotopic (exact) mass is 170 g/mol. The van der Waals surface area contributed by atoms with Crippen LogP contribution in [0.1, 0.15) is 33.6 Å². The molecule has 0 saturated heterocycles. The fraction of sp³-hybridized carbons (Fsp3) is 0.700. The summed E-state index contributed by atoms with van der Waals surface area (Å²) >= 11 is 0. The van der Waals surface area contributed by atoms with Crippen molar-refractivity contribution in [3.63, 3.8) is 0 Å². The van der Waals surface area contributed by atoms with Crippen molar-refractivity contribution in [3.8, 4) is 0 Å². The van der Waals surface area contributed by atoms with Crippen molar-refractivity contribution < 1.29 is 9.90 Å². The van der Waals surface area contributed by atoms with Crippen molar-refractivity contribution in [2.75, 3.05) is 0 Å². The van der Waals surface area contributed by atoms with E-state index in [1.165, 1.54) is 0 Å². The molecule has 0 fully saturated rings. The minimum Gasteiger partial charge on any atom is -0.481 e. The van der Waals surface area contributed by atoms with Gasteiger partial charge in [-0.05, 0) is 18.3 Å². The molecule has 0 spiro atoms. The summed E-state index contributed by atoms with van der Waals surface area (Å²) in [5, 5.41) is 8.42. The molecule has 0 amide bonds. The molecule has 0 aliphatic heterocycles. The summed E-state index contributed by atoms with van der Waals surface area (Å²) in [5.74, 6) is 0.223. The van der Waals surface area contributed by atoms with E-state index < -0.39 is 5.97 Å². The van der Waals surface area contributed by atoms with E-state index in [-0.39, 0.29) is 6.42 Å². The van der Waals surface area contributed by atoms with E-state index in [1.54, 1.807) is 0 Å². The number of carbonyl (C=O) groups is 1. The average Bonchev–Trinajstić information content (AvgIpc) is 1.96. The van der Waals surface area contributed by atoms with Crippen LogP contribution < -0.4 is 0 Å². The summed E-state index contributed by atoms with van der Waals surface area (Å²) in [6.45, 7) is 6.27. The van der Waals surface area contributed by atoms with Gasteiger partial charge in [0.1, 0.15) is 0 Å². The Labute approximate surface area is 74.3 Å².